The number of unbranched alkanes of at least 4 members (excludes halogenated alkanes) is 1. The molecule has 20 N–H and O–H groups in total. The van der Waals surface area contributed by atoms with Gasteiger partial charge in [-0.2, -0.15) is 0 Å². The number of aliphatic imine (C=N–C) groups is 1. The summed E-state index contributed by atoms with van der Waals surface area (Å²) in [6.45, 7) is 3.91. The van der Waals surface area contributed by atoms with Crippen LogP contribution < -0.4 is 66.3 Å². The molecule has 24 nitrogen and oxygen atoms in total. The highest BCUT2D eigenvalue weighted by Gasteiger charge is 2.35. The van der Waals surface area contributed by atoms with Crippen molar-refractivity contribution in [2.24, 2.45) is 45.3 Å². The molecular weight excluding hydrogens is 742 g/mol. The molecule has 0 aromatic rings. The second-order valence-electron chi connectivity index (χ2n) is 13.1. The van der Waals surface area contributed by atoms with Gasteiger partial charge in [-0.25, -0.2) is 4.79 Å². The molecule has 24 heteroatoms. The number of aliphatic carboxylic acids is 1. The number of hydrogen-bond donors (Lipinski definition) is 14. The van der Waals surface area contributed by atoms with E-state index in [-0.39, 0.29) is 31.8 Å². The number of rotatable bonds is 28. The van der Waals surface area contributed by atoms with Crippen LogP contribution >= 0.6 is 0 Å². The van der Waals surface area contributed by atoms with Crippen LogP contribution in [0.1, 0.15) is 72.1 Å². The standard InChI is InChI=1S/C32H59N13O11/c1-4-15(2)24(30(54)41-18(31(55)56)8-5-6-10-33)45-26(50)17(9-7-11-39-32(37)38)40-27(51)20(13-23(36)48)43-29(53)21(14-46)44-28(52)19(12-22(35)47)42-25(49)16(3)34/h15-21,24,46H,4-14,33-34H2,1-3H3,(H2,35,47)(H2,36,48)(H,40,51)(H,41,54)(H,42,49)(H,43,53)(H,44,52)(H,45,50)(H,55,56)(H4,37,38,39)/t15-,16-,17-,18-,19-,20-,21-,24-/m0/s1. The summed E-state index contributed by atoms with van der Waals surface area (Å²) in [4.78, 5) is 118. The summed E-state index contributed by atoms with van der Waals surface area (Å²) in [6, 6.07) is -10.3. The average molecular weight is 802 g/mol. The number of amides is 8. The Labute approximate surface area is 323 Å². The van der Waals surface area contributed by atoms with E-state index < -0.39 is 121 Å². The summed E-state index contributed by atoms with van der Waals surface area (Å²) in [5, 5.41) is 33.4. The van der Waals surface area contributed by atoms with Crippen molar-refractivity contribution in [1.82, 2.24) is 31.9 Å². The molecule has 8 amide bonds. The second kappa shape index (κ2) is 26.2. The zero-order chi connectivity index (χ0) is 43.1. The molecular formula is C32H59N13O11. The van der Waals surface area contributed by atoms with Gasteiger partial charge >= 0.3 is 5.97 Å². The number of aliphatic hydroxyl groups is 1. The van der Waals surface area contributed by atoms with Crippen molar-refractivity contribution in [3.8, 4) is 0 Å². The zero-order valence-corrected chi connectivity index (χ0v) is 31.9. The molecule has 0 aliphatic heterocycles. The van der Waals surface area contributed by atoms with Crippen molar-refractivity contribution in [3.63, 3.8) is 0 Å². The average Bonchev–Trinajstić information content (AvgIpc) is 3.11. The molecule has 0 unspecified atom stereocenters. The van der Waals surface area contributed by atoms with E-state index in [2.05, 4.69) is 36.9 Å². The van der Waals surface area contributed by atoms with Gasteiger partial charge in [0.05, 0.1) is 25.5 Å². The molecule has 0 aliphatic rings. The molecule has 0 radical (unpaired) electrons. The fourth-order valence-electron chi connectivity index (χ4n) is 4.87. The summed E-state index contributed by atoms with van der Waals surface area (Å²) in [7, 11) is 0. The van der Waals surface area contributed by atoms with Gasteiger partial charge in [0.2, 0.25) is 47.3 Å². The van der Waals surface area contributed by atoms with E-state index in [1.807, 2.05) is 0 Å². The van der Waals surface area contributed by atoms with Crippen LogP contribution in [0.4, 0.5) is 0 Å². The van der Waals surface area contributed by atoms with Crippen molar-refractivity contribution in [2.75, 3.05) is 19.7 Å². The number of nitrogens with zero attached hydrogens (tertiary/aromatic N) is 1. The van der Waals surface area contributed by atoms with Crippen LogP contribution in [-0.2, 0) is 43.2 Å². The number of nitrogens with two attached hydrogens (primary N) is 6. The van der Waals surface area contributed by atoms with Crippen LogP contribution in [0.15, 0.2) is 4.99 Å². The molecule has 318 valence electrons. The van der Waals surface area contributed by atoms with E-state index in [9.17, 15) is 53.4 Å². The minimum absolute atomic E-state index is 0.00107. The monoisotopic (exact) mass is 801 g/mol. The van der Waals surface area contributed by atoms with E-state index in [4.69, 9.17) is 34.4 Å². The maximum Gasteiger partial charge on any atom is 0.326 e. The lowest BCUT2D eigenvalue weighted by Gasteiger charge is -2.28. The van der Waals surface area contributed by atoms with Gasteiger partial charge in [-0.05, 0) is 51.5 Å². The van der Waals surface area contributed by atoms with Crippen LogP contribution in [0.2, 0.25) is 0 Å². The minimum atomic E-state index is -1.81. The lowest BCUT2D eigenvalue weighted by molar-refractivity contribution is -0.143. The third-order valence-electron chi connectivity index (χ3n) is 8.24. The SMILES string of the molecule is CC[C@H](C)[C@H](NC(=O)[C@H](CCCN=C(N)N)NC(=O)[C@H](CC(N)=O)NC(=O)[C@H](CO)NC(=O)[C@H](CC(N)=O)NC(=O)[C@H](C)N)C(=O)N[C@@H](CCCCN)C(=O)O. The second-order valence-corrected chi connectivity index (χ2v) is 13.1. The Kier molecular flexibility index (Phi) is 23.6. The van der Waals surface area contributed by atoms with Gasteiger partial charge in [-0.3, -0.25) is 43.3 Å². The van der Waals surface area contributed by atoms with Gasteiger partial charge in [0, 0.05) is 6.54 Å². The quantitative estimate of drug-likeness (QED) is 0.0199. The Balaban J connectivity index is 6.35. The highest BCUT2D eigenvalue weighted by molar-refractivity contribution is 5.99. The Hall–Kier alpha value is -5.62. The van der Waals surface area contributed by atoms with E-state index in [1.165, 1.54) is 6.92 Å². The van der Waals surface area contributed by atoms with Crippen LogP contribution in [0.3, 0.4) is 0 Å². The number of primary amides is 2. The highest BCUT2D eigenvalue weighted by Crippen LogP contribution is 2.12. The van der Waals surface area contributed by atoms with E-state index in [0.717, 1.165) is 0 Å². The number of guanidine groups is 1. The first kappa shape index (κ1) is 50.4. The lowest BCUT2D eigenvalue weighted by atomic mass is 9.96. The van der Waals surface area contributed by atoms with Gasteiger partial charge in [0.1, 0.15) is 36.3 Å². The maximum atomic E-state index is 13.7. The third kappa shape index (κ3) is 19.6. The van der Waals surface area contributed by atoms with Gasteiger partial charge in [0.15, 0.2) is 5.96 Å². The van der Waals surface area contributed by atoms with Crippen molar-refractivity contribution >= 4 is 59.2 Å². The normalized spacial score (nSPS) is 15.1. The molecule has 0 aromatic carbocycles. The van der Waals surface area contributed by atoms with E-state index in [1.54, 1.807) is 13.8 Å². The number of carboxylic acids is 1. The molecule has 8 atom stereocenters. The molecule has 0 spiro atoms. The molecule has 0 saturated heterocycles. The number of aliphatic hydroxyl groups excluding tert-OH is 1. The molecule has 0 fully saturated rings. The Morgan fingerprint density at radius 3 is 1.50 bits per heavy atom. The summed E-state index contributed by atoms with van der Waals surface area (Å²) in [5.74, 6) is -10.2. The van der Waals surface area contributed by atoms with Crippen molar-refractivity contribution in [3.05, 3.63) is 0 Å². The first-order valence-corrected chi connectivity index (χ1v) is 17.9. The largest absolute Gasteiger partial charge is 0.480 e. The molecule has 0 heterocycles. The number of carbonyl (C=O) groups excluding carboxylic acids is 8. The number of nitrogens with one attached hydrogen (secondary N) is 6. The number of carboxylic acid groups (broad SMARTS) is 1. The van der Waals surface area contributed by atoms with Gasteiger partial charge in [-0.15, -0.1) is 0 Å². The predicted octanol–water partition coefficient (Wildman–Crippen LogP) is -6.70. The third-order valence-corrected chi connectivity index (χ3v) is 8.24. The summed E-state index contributed by atoms with van der Waals surface area (Å²) >= 11 is 0. The van der Waals surface area contributed by atoms with Crippen molar-refractivity contribution in [1.29, 1.82) is 0 Å². The Morgan fingerprint density at radius 1 is 0.607 bits per heavy atom. The van der Waals surface area contributed by atoms with Crippen molar-refractivity contribution in [2.45, 2.75) is 114 Å². The van der Waals surface area contributed by atoms with Crippen LogP contribution in [0.25, 0.3) is 0 Å². The first-order chi connectivity index (χ1) is 26.2. The lowest BCUT2D eigenvalue weighted by Crippen LogP contribution is -2.61. The van der Waals surface area contributed by atoms with Gasteiger partial charge in [-0.1, -0.05) is 20.3 Å². The van der Waals surface area contributed by atoms with Crippen LogP contribution in [-0.4, -0.2) is 131 Å². The smallest absolute Gasteiger partial charge is 0.326 e. The first-order valence-electron chi connectivity index (χ1n) is 17.9. The molecule has 0 aliphatic carbocycles. The fraction of sp³-hybridized carbons (Fsp3) is 0.688. The van der Waals surface area contributed by atoms with Crippen LogP contribution in [0, 0.1) is 5.92 Å². The van der Waals surface area contributed by atoms with E-state index >= 15 is 0 Å². The topological polar surface area (TPSA) is 435 Å². The van der Waals surface area contributed by atoms with E-state index in [0.29, 0.717) is 25.8 Å². The summed E-state index contributed by atoms with van der Waals surface area (Å²) in [6.07, 6.45) is -0.232. The number of carbonyl (C=O) groups is 9. The van der Waals surface area contributed by atoms with Crippen molar-refractivity contribution < 1.29 is 53.4 Å². The Morgan fingerprint density at radius 2 is 1.05 bits per heavy atom. The molecule has 0 aromatic heterocycles. The minimum Gasteiger partial charge on any atom is -0.480 e. The highest BCUT2D eigenvalue weighted by atomic mass is 16.4. The predicted molar refractivity (Wildman–Crippen MR) is 200 cm³/mol. The zero-order valence-electron chi connectivity index (χ0n) is 31.9. The molecule has 0 saturated carbocycles. The fourth-order valence-corrected chi connectivity index (χ4v) is 4.87. The molecule has 56 heavy (non-hydrogen) atoms. The summed E-state index contributed by atoms with van der Waals surface area (Å²) in [5.41, 5.74) is 32.2. The molecule has 0 bridgehead atoms. The van der Waals surface area contributed by atoms with Gasteiger partial charge < -0.3 is 76.5 Å². The van der Waals surface area contributed by atoms with Gasteiger partial charge in [0.25, 0.3) is 0 Å². The summed E-state index contributed by atoms with van der Waals surface area (Å²) < 4.78 is 0. The maximum absolute atomic E-state index is 13.7. The Bertz CT molecular complexity index is 1410. The molecule has 0 rings (SSSR count). The van der Waals surface area contributed by atoms with Crippen LogP contribution in [0.5, 0.6) is 0 Å². The number of hydrogen-bond acceptors (Lipinski definition) is 13.